The Balaban J connectivity index is 1.49. The smallest absolute Gasteiger partial charge is 0.341 e. The van der Waals surface area contributed by atoms with Crippen LogP contribution in [-0.2, 0) is 4.79 Å². The second-order valence-corrected chi connectivity index (χ2v) is 9.17. The van der Waals surface area contributed by atoms with Crippen molar-refractivity contribution in [1.29, 1.82) is 0 Å². The number of rotatable bonds is 9. The number of pyridine rings is 1. The van der Waals surface area contributed by atoms with Crippen LogP contribution in [0, 0.1) is 5.82 Å². The van der Waals surface area contributed by atoms with Crippen molar-refractivity contribution in [2.45, 2.75) is 64.3 Å². The molecular weight excluding hydrogens is 425 g/mol. The summed E-state index contributed by atoms with van der Waals surface area (Å²) in [6.45, 7) is 4.29. The molecule has 1 aliphatic heterocycles. The van der Waals surface area contributed by atoms with Gasteiger partial charge < -0.3 is 19.5 Å². The van der Waals surface area contributed by atoms with Gasteiger partial charge in [-0.05, 0) is 31.4 Å². The summed E-state index contributed by atoms with van der Waals surface area (Å²) >= 11 is 0. The number of carboxylic acid groups (broad SMARTS) is 1. The first-order valence-corrected chi connectivity index (χ1v) is 12.0. The average molecular weight is 458 g/mol. The van der Waals surface area contributed by atoms with E-state index in [4.69, 9.17) is 0 Å². The summed E-state index contributed by atoms with van der Waals surface area (Å²) in [4.78, 5) is 40.4. The summed E-state index contributed by atoms with van der Waals surface area (Å²) in [5, 5.41) is 9.49. The van der Waals surface area contributed by atoms with Crippen molar-refractivity contribution in [1.82, 2.24) is 9.47 Å². The number of amides is 1. The number of aromatic carboxylic acids is 1. The molecule has 0 bridgehead atoms. The Hall–Kier alpha value is -2.90. The highest BCUT2D eigenvalue weighted by Crippen LogP contribution is 2.38. The fraction of sp³-hybridized carbons (Fsp3) is 0.560. The van der Waals surface area contributed by atoms with Crippen LogP contribution in [0.5, 0.6) is 0 Å². The molecule has 1 aromatic carbocycles. The minimum atomic E-state index is -1.30. The van der Waals surface area contributed by atoms with Gasteiger partial charge in [0.1, 0.15) is 11.4 Å². The molecule has 0 unspecified atom stereocenters. The number of carbonyl (C=O) groups is 2. The molecule has 178 valence electrons. The highest BCUT2D eigenvalue weighted by molar-refractivity contribution is 5.93. The molecule has 8 heteroatoms. The van der Waals surface area contributed by atoms with Crippen LogP contribution in [-0.4, -0.2) is 52.6 Å². The third-order valence-corrected chi connectivity index (χ3v) is 6.74. The van der Waals surface area contributed by atoms with E-state index in [9.17, 15) is 19.5 Å². The third-order valence-electron chi connectivity index (χ3n) is 6.74. The van der Waals surface area contributed by atoms with Crippen molar-refractivity contribution >= 4 is 28.5 Å². The molecule has 1 saturated heterocycles. The normalized spacial score (nSPS) is 16.4. The summed E-state index contributed by atoms with van der Waals surface area (Å²) in [7, 11) is 0. The standard InChI is InChI=1S/C25H32FN3O4/c1-2-3-4-5-6-7-23(30)28-12-10-27(11-13-28)22-15-21-18(14-20(22)26)24(31)19(25(32)33)16-29(21)17-8-9-17/h14-17H,2-13H2,1H3,(H,32,33). The minimum absolute atomic E-state index is 0.0972. The molecule has 0 atom stereocenters. The molecular formula is C25H32FN3O4. The number of nitrogens with zero attached hydrogens (tertiary/aromatic N) is 3. The van der Waals surface area contributed by atoms with Gasteiger partial charge in [-0.15, -0.1) is 0 Å². The van der Waals surface area contributed by atoms with Gasteiger partial charge in [-0.25, -0.2) is 9.18 Å². The van der Waals surface area contributed by atoms with Crippen molar-refractivity contribution in [3.8, 4) is 0 Å². The van der Waals surface area contributed by atoms with Gasteiger partial charge in [-0.1, -0.05) is 32.6 Å². The number of benzene rings is 1. The van der Waals surface area contributed by atoms with E-state index < -0.39 is 17.2 Å². The number of unbranched alkanes of at least 4 members (excludes halogenated alkanes) is 4. The van der Waals surface area contributed by atoms with E-state index >= 15 is 4.39 Å². The van der Waals surface area contributed by atoms with Gasteiger partial charge in [-0.2, -0.15) is 0 Å². The number of aromatic nitrogens is 1. The lowest BCUT2D eigenvalue weighted by atomic mass is 10.1. The summed E-state index contributed by atoms with van der Waals surface area (Å²) in [6, 6.07) is 2.98. The van der Waals surface area contributed by atoms with Gasteiger partial charge in [0.15, 0.2) is 0 Å². The van der Waals surface area contributed by atoms with E-state index in [2.05, 4.69) is 6.92 Å². The fourth-order valence-electron chi connectivity index (χ4n) is 4.64. The Morgan fingerprint density at radius 1 is 1.06 bits per heavy atom. The quantitative estimate of drug-likeness (QED) is 0.571. The first-order valence-electron chi connectivity index (χ1n) is 12.0. The molecule has 1 aromatic heterocycles. The van der Waals surface area contributed by atoms with Crippen molar-refractivity contribution in [3.05, 3.63) is 39.9 Å². The zero-order valence-corrected chi connectivity index (χ0v) is 19.2. The number of anilines is 1. The topological polar surface area (TPSA) is 82.8 Å². The van der Waals surface area contributed by atoms with Gasteiger partial charge >= 0.3 is 5.97 Å². The molecule has 33 heavy (non-hydrogen) atoms. The first kappa shape index (κ1) is 23.3. The molecule has 1 N–H and O–H groups in total. The number of carbonyl (C=O) groups excluding carboxylic acids is 1. The monoisotopic (exact) mass is 457 g/mol. The number of fused-ring (bicyclic) bond motifs is 1. The third kappa shape index (κ3) is 5.04. The summed E-state index contributed by atoms with van der Waals surface area (Å²) in [5.74, 6) is -1.68. The first-order chi connectivity index (χ1) is 15.9. The van der Waals surface area contributed by atoms with E-state index in [-0.39, 0.29) is 22.9 Å². The van der Waals surface area contributed by atoms with E-state index in [0.29, 0.717) is 43.8 Å². The molecule has 2 heterocycles. The van der Waals surface area contributed by atoms with E-state index in [0.717, 1.165) is 25.7 Å². The van der Waals surface area contributed by atoms with Crippen molar-refractivity contribution in [2.75, 3.05) is 31.1 Å². The highest BCUT2D eigenvalue weighted by Gasteiger charge is 2.29. The lowest BCUT2D eigenvalue weighted by molar-refractivity contribution is -0.131. The molecule has 1 aliphatic carbocycles. The van der Waals surface area contributed by atoms with E-state index in [1.807, 2.05) is 9.80 Å². The van der Waals surface area contributed by atoms with Crippen LogP contribution in [0.1, 0.15) is 74.7 Å². The molecule has 0 radical (unpaired) electrons. The summed E-state index contributed by atoms with van der Waals surface area (Å²) in [6.07, 6.45) is 9.31. The van der Waals surface area contributed by atoms with Gasteiger partial charge in [-0.3, -0.25) is 9.59 Å². The molecule has 2 fully saturated rings. The summed E-state index contributed by atoms with van der Waals surface area (Å²) in [5.41, 5.74) is -0.0295. The van der Waals surface area contributed by atoms with Crippen LogP contribution in [0.2, 0.25) is 0 Å². The van der Waals surface area contributed by atoms with Crippen molar-refractivity contribution < 1.29 is 19.1 Å². The van der Waals surface area contributed by atoms with E-state index in [1.165, 1.54) is 31.5 Å². The average Bonchev–Trinajstić information content (AvgIpc) is 3.64. The zero-order valence-electron chi connectivity index (χ0n) is 19.2. The second-order valence-electron chi connectivity index (χ2n) is 9.17. The number of piperazine rings is 1. The largest absolute Gasteiger partial charge is 0.477 e. The Bertz CT molecular complexity index is 1100. The van der Waals surface area contributed by atoms with E-state index in [1.54, 1.807) is 10.6 Å². The summed E-state index contributed by atoms with van der Waals surface area (Å²) < 4.78 is 16.9. The van der Waals surface area contributed by atoms with Crippen LogP contribution in [0.15, 0.2) is 23.1 Å². The fourth-order valence-corrected chi connectivity index (χ4v) is 4.64. The molecule has 2 aromatic rings. The minimum Gasteiger partial charge on any atom is -0.477 e. The number of hydrogen-bond acceptors (Lipinski definition) is 4. The molecule has 2 aliphatic rings. The van der Waals surface area contributed by atoms with Gasteiger partial charge in [0.05, 0.1) is 11.2 Å². The maximum Gasteiger partial charge on any atom is 0.341 e. The van der Waals surface area contributed by atoms with Crippen LogP contribution in [0.3, 0.4) is 0 Å². The van der Waals surface area contributed by atoms with Gasteiger partial charge in [0, 0.05) is 50.2 Å². The van der Waals surface area contributed by atoms with Crippen LogP contribution < -0.4 is 10.3 Å². The molecule has 1 amide bonds. The van der Waals surface area contributed by atoms with Crippen LogP contribution in [0.4, 0.5) is 10.1 Å². The lowest BCUT2D eigenvalue weighted by Crippen LogP contribution is -2.49. The number of halogens is 1. The molecule has 7 nitrogen and oxygen atoms in total. The van der Waals surface area contributed by atoms with Crippen LogP contribution in [0.25, 0.3) is 10.9 Å². The predicted octanol–water partition coefficient (Wildman–Crippen LogP) is 4.18. The Morgan fingerprint density at radius 3 is 2.39 bits per heavy atom. The SMILES string of the molecule is CCCCCCCC(=O)N1CCN(c2cc3c(cc2F)c(=O)c(C(=O)O)cn3C2CC2)CC1. The Labute approximate surface area is 192 Å². The van der Waals surface area contributed by atoms with Gasteiger partial charge in [0.25, 0.3) is 0 Å². The number of hydrogen-bond donors (Lipinski definition) is 1. The predicted molar refractivity (Wildman–Crippen MR) is 126 cm³/mol. The second kappa shape index (κ2) is 9.93. The Morgan fingerprint density at radius 2 is 1.76 bits per heavy atom. The lowest BCUT2D eigenvalue weighted by Gasteiger charge is -2.36. The molecule has 4 rings (SSSR count). The molecule has 0 spiro atoms. The molecule has 1 saturated carbocycles. The maximum absolute atomic E-state index is 15.1. The maximum atomic E-state index is 15.1. The van der Waals surface area contributed by atoms with Crippen molar-refractivity contribution in [3.63, 3.8) is 0 Å². The Kier molecular flexibility index (Phi) is 7.00. The highest BCUT2D eigenvalue weighted by atomic mass is 19.1. The zero-order chi connectivity index (χ0) is 23.5. The van der Waals surface area contributed by atoms with Gasteiger partial charge in [0.2, 0.25) is 11.3 Å². The van der Waals surface area contributed by atoms with Crippen LogP contribution >= 0.6 is 0 Å². The van der Waals surface area contributed by atoms with Crippen molar-refractivity contribution in [2.24, 2.45) is 0 Å². The number of carboxylic acids is 1.